The van der Waals surface area contributed by atoms with Gasteiger partial charge >= 0.3 is 0 Å². The lowest BCUT2D eigenvalue weighted by Crippen LogP contribution is -2.46. The van der Waals surface area contributed by atoms with E-state index in [-0.39, 0.29) is 6.04 Å². The van der Waals surface area contributed by atoms with Crippen LogP contribution in [-0.2, 0) is 10.0 Å². The number of hydrogen-bond acceptors (Lipinski definition) is 4. The first-order valence-electron chi connectivity index (χ1n) is 4.85. The van der Waals surface area contributed by atoms with Gasteiger partial charge in [-0.05, 0) is 12.8 Å². The van der Waals surface area contributed by atoms with Gasteiger partial charge in [-0.15, -0.1) is 0 Å². The van der Waals surface area contributed by atoms with Crippen LogP contribution in [0.3, 0.4) is 0 Å². The van der Waals surface area contributed by atoms with Gasteiger partial charge in [0.2, 0.25) is 10.0 Å². The zero-order valence-electron chi connectivity index (χ0n) is 8.77. The number of nitrogens with one attached hydrogen (secondary N) is 1. The van der Waals surface area contributed by atoms with E-state index in [1.165, 1.54) is 6.26 Å². The van der Waals surface area contributed by atoms with Crippen molar-refractivity contribution in [1.29, 1.82) is 0 Å². The minimum Gasteiger partial charge on any atom is -0.392 e. The second-order valence-corrected chi connectivity index (χ2v) is 6.21. The fourth-order valence-corrected chi connectivity index (χ4v) is 2.76. The summed E-state index contributed by atoms with van der Waals surface area (Å²) in [6.07, 6.45) is 2.82. The van der Waals surface area contributed by atoms with Crippen molar-refractivity contribution in [2.45, 2.75) is 18.9 Å². The number of nitrogens with zero attached hydrogens (tertiary/aromatic N) is 1. The van der Waals surface area contributed by atoms with Gasteiger partial charge in [0.15, 0.2) is 0 Å². The summed E-state index contributed by atoms with van der Waals surface area (Å²) in [6, 6.07) is 0.0580. The van der Waals surface area contributed by atoms with Crippen LogP contribution in [0, 0.1) is 0 Å². The predicted octanol–water partition coefficient (Wildman–Crippen LogP) is -0.714. The van der Waals surface area contributed by atoms with Crippen LogP contribution in [0.5, 0.6) is 0 Å². The lowest BCUT2D eigenvalue weighted by Gasteiger charge is -2.31. The van der Waals surface area contributed by atoms with E-state index in [2.05, 4.69) is 9.62 Å². The fourth-order valence-electron chi connectivity index (χ4n) is 1.73. The third kappa shape index (κ3) is 5.41. The van der Waals surface area contributed by atoms with Gasteiger partial charge in [-0.3, -0.25) is 4.90 Å². The van der Waals surface area contributed by atoms with Crippen molar-refractivity contribution in [3.8, 4) is 0 Å². The normalized spacial score (nSPS) is 20.3. The highest BCUT2D eigenvalue weighted by molar-refractivity contribution is 7.88. The van der Waals surface area contributed by atoms with Crippen LogP contribution in [-0.4, -0.2) is 50.2 Å². The monoisotopic (exact) mass is 251 g/mol. The maximum atomic E-state index is 11.0. The molecule has 0 bridgehead atoms. The Hall–Kier alpha value is -0.240. The summed E-state index contributed by atoms with van der Waals surface area (Å²) in [4.78, 5) is 2.63. The Morgan fingerprint density at radius 1 is 1.53 bits per heavy atom. The minimum atomic E-state index is -3.08. The van der Waals surface area contributed by atoms with E-state index in [1.807, 2.05) is 0 Å². The summed E-state index contributed by atoms with van der Waals surface area (Å²) in [6.45, 7) is 2.30. The second-order valence-electron chi connectivity index (χ2n) is 3.91. The number of rotatable bonds is 4. The molecule has 0 aromatic carbocycles. The van der Waals surface area contributed by atoms with Crippen LogP contribution in [0.15, 0.2) is 0 Å². The average molecular weight is 251 g/mol. The molecule has 1 saturated heterocycles. The van der Waals surface area contributed by atoms with Crippen molar-refractivity contribution >= 4 is 27.2 Å². The number of hydrogen-bond donors (Lipinski definition) is 2. The van der Waals surface area contributed by atoms with Crippen molar-refractivity contribution in [2.24, 2.45) is 5.73 Å². The summed E-state index contributed by atoms with van der Waals surface area (Å²) in [5, 5.41) is 0. The molecule has 88 valence electrons. The van der Waals surface area contributed by atoms with Gasteiger partial charge in [0.1, 0.15) is 0 Å². The average Bonchev–Trinajstić information content (AvgIpc) is 2.05. The van der Waals surface area contributed by atoms with Gasteiger partial charge in [0, 0.05) is 25.7 Å². The van der Waals surface area contributed by atoms with Crippen molar-refractivity contribution in [3.05, 3.63) is 0 Å². The molecule has 0 aromatic heterocycles. The van der Waals surface area contributed by atoms with Crippen molar-refractivity contribution < 1.29 is 8.42 Å². The van der Waals surface area contributed by atoms with Crippen LogP contribution < -0.4 is 10.5 Å². The Morgan fingerprint density at radius 2 is 2.07 bits per heavy atom. The van der Waals surface area contributed by atoms with Crippen molar-refractivity contribution in [1.82, 2.24) is 9.62 Å². The molecule has 1 aliphatic rings. The van der Waals surface area contributed by atoms with Crippen LogP contribution in [0.1, 0.15) is 12.8 Å². The van der Waals surface area contributed by atoms with Gasteiger partial charge < -0.3 is 5.73 Å². The Labute approximate surface area is 96.1 Å². The molecule has 1 heterocycles. The highest BCUT2D eigenvalue weighted by Gasteiger charge is 2.21. The highest BCUT2D eigenvalue weighted by atomic mass is 32.2. The minimum absolute atomic E-state index is 0.0580. The molecule has 0 atom stereocenters. The third-order valence-electron chi connectivity index (χ3n) is 2.35. The number of likely N-dealkylation sites (tertiary alicyclic amines) is 1. The Morgan fingerprint density at radius 3 is 2.47 bits per heavy atom. The molecule has 1 aliphatic heterocycles. The molecule has 3 N–H and O–H groups in total. The summed E-state index contributed by atoms with van der Waals surface area (Å²) < 4.78 is 24.6. The second kappa shape index (κ2) is 5.20. The summed E-state index contributed by atoms with van der Waals surface area (Å²) in [7, 11) is -3.08. The van der Waals surface area contributed by atoms with E-state index in [9.17, 15) is 8.42 Å². The summed E-state index contributed by atoms with van der Waals surface area (Å²) >= 11 is 4.82. The van der Waals surface area contributed by atoms with Gasteiger partial charge in [0.05, 0.1) is 11.2 Å². The highest BCUT2D eigenvalue weighted by Crippen LogP contribution is 2.10. The summed E-state index contributed by atoms with van der Waals surface area (Å²) in [5.41, 5.74) is 5.44. The van der Waals surface area contributed by atoms with Crippen LogP contribution in [0.25, 0.3) is 0 Å². The van der Waals surface area contributed by atoms with Gasteiger partial charge in [-0.1, -0.05) is 12.2 Å². The van der Waals surface area contributed by atoms with Crippen molar-refractivity contribution in [3.63, 3.8) is 0 Å². The molecule has 1 fully saturated rings. The zero-order chi connectivity index (χ0) is 11.5. The van der Waals surface area contributed by atoms with Gasteiger partial charge in [-0.2, -0.15) is 0 Å². The fraction of sp³-hybridized carbons (Fsp3) is 0.875. The molecule has 0 saturated carbocycles. The quantitative estimate of drug-likeness (QED) is 0.645. The van der Waals surface area contributed by atoms with E-state index in [1.54, 1.807) is 0 Å². The molecule has 0 aromatic rings. The topological polar surface area (TPSA) is 75.4 Å². The van der Waals surface area contributed by atoms with Crippen LogP contribution in [0.4, 0.5) is 0 Å². The zero-order valence-corrected chi connectivity index (χ0v) is 10.4. The molecule has 0 spiro atoms. The van der Waals surface area contributed by atoms with Gasteiger partial charge in [0.25, 0.3) is 0 Å². The predicted molar refractivity (Wildman–Crippen MR) is 64.2 cm³/mol. The van der Waals surface area contributed by atoms with Crippen LogP contribution >= 0.6 is 12.2 Å². The molecule has 7 heteroatoms. The number of thiocarbonyl (C=S) groups is 1. The lowest BCUT2D eigenvalue weighted by atomic mass is 10.1. The largest absolute Gasteiger partial charge is 0.392 e. The van der Waals surface area contributed by atoms with E-state index in [0.717, 1.165) is 25.9 Å². The SMILES string of the molecule is CS(=O)(=O)NC1CCN(CC(N)=S)CC1. The molecule has 1 rings (SSSR count). The Bertz CT molecular complexity index is 321. The molecule has 0 amide bonds. The number of piperidine rings is 1. The lowest BCUT2D eigenvalue weighted by molar-refractivity contribution is 0.233. The molecular formula is C8H17N3O2S2. The molecule has 0 unspecified atom stereocenters. The Balaban J connectivity index is 2.33. The molecule has 0 radical (unpaired) electrons. The molecule has 5 nitrogen and oxygen atoms in total. The van der Waals surface area contributed by atoms with Crippen LogP contribution in [0.2, 0.25) is 0 Å². The Kier molecular flexibility index (Phi) is 4.45. The van der Waals surface area contributed by atoms with E-state index < -0.39 is 10.0 Å². The standard InChI is InChI=1S/C8H17N3O2S2/c1-15(12,13)10-7-2-4-11(5-3-7)6-8(9)14/h7,10H,2-6H2,1H3,(H2,9,14). The van der Waals surface area contributed by atoms with E-state index in [4.69, 9.17) is 18.0 Å². The number of sulfonamides is 1. The van der Waals surface area contributed by atoms with Crippen molar-refractivity contribution in [2.75, 3.05) is 25.9 Å². The maximum absolute atomic E-state index is 11.0. The van der Waals surface area contributed by atoms with Gasteiger partial charge in [-0.25, -0.2) is 13.1 Å². The molecule has 0 aliphatic carbocycles. The summed E-state index contributed by atoms with van der Waals surface area (Å²) in [5.74, 6) is 0. The van der Waals surface area contributed by atoms with E-state index in [0.29, 0.717) is 11.5 Å². The van der Waals surface area contributed by atoms with E-state index >= 15 is 0 Å². The first-order valence-corrected chi connectivity index (χ1v) is 7.15. The molecule has 15 heavy (non-hydrogen) atoms. The molecular weight excluding hydrogens is 234 g/mol. The maximum Gasteiger partial charge on any atom is 0.208 e. The first-order chi connectivity index (χ1) is 6.87. The third-order valence-corrected chi connectivity index (χ3v) is 3.24. The first kappa shape index (κ1) is 12.8. The number of nitrogens with two attached hydrogens (primary N) is 1. The smallest absolute Gasteiger partial charge is 0.208 e.